The van der Waals surface area contributed by atoms with Gasteiger partial charge in [0.15, 0.2) is 5.96 Å². The Morgan fingerprint density at radius 3 is 2.79 bits per heavy atom. The highest BCUT2D eigenvalue weighted by Crippen LogP contribution is 2.05. The van der Waals surface area contributed by atoms with Crippen LogP contribution in [-0.4, -0.2) is 37.5 Å². The van der Waals surface area contributed by atoms with E-state index in [2.05, 4.69) is 21.8 Å². The molecule has 0 aliphatic rings. The average Bonchev–Trinajstić information content (AvgIpc) is 2.39. The number of rotatable bonds is 7. The van der Waals surface area contributed by atoms with Crippen molar-refractivity contribution in [3.8, 4) is 0 Å². The van der Waals surface area contributed by atoms with Crippen molar-refractivity contribution in [1.82, 2.24) is 10.2 Å². The molecule has 0 heterocycles. The number of likely N-dealkylation sites (N-methyl/N-ethyl adjacent to an activating group) is 1. The minimum absolute atomic E-state index is 0.211. The van der Waals surface area contributed by atoms with E-state index in [1.807, 2.05) is 7.05 Å². The highest BCUT2D eigenvalue weighted by Gasteiger charge is 2.00. The fraction of sp³-hybridized carbons (Fsp3) is 0.357. The number of nitrogens with one attached hydrogen (secondary N) is 1. The molecule has 0 aromatic heterocycles. The van der Waals surface area contributed by atoms with E-state index in [1.54, 1.807) is 18.2 Å². The molecule has 0 aliphatic carbocycles. The van der Waals surface area contributed by atoms with E-state index in [9.17, 15) is 4.39 Å². The Bertz CT molecular complexity index is 414. The van der Waals surface area contributed by atoms with Crippen molar-refractivity contribution in [3.63, 3.8) is 0 Å². The topological polar surface area (TPSA) is 53.6 Å². The first kappa shape index (κ1) is 15.2. The third-order valence-electron chi connectivity index (χ3n) is 2.56. The van der Waals surface area contributed by atoms with Crippen LogP contribution in [0.15, 0.2) is 41.9 Å². The quantitative estimate of drug-likeness (QED) is 0.444. The normalized spacial score (nSPS) is 11.6. The molecule has 104 valence electrons. The number of nitrogens with two attached hydrogens (primary N) is 1. The van der Waals surface area contributed by atoms with Crippen LogP contribution in [0.4, 0.5) is 4.39 Å². The number of aliphatic imine (C=N–C) groups is 1. The second-order valence-corrected chi connectivity index (χ2v) is 4.30. The van der Waals surface area contributed by atoms with Crippen molar-refractivity contribution in [2.45, 2.75) is 6.54 Å². The SMILES string of the molecule is C=CCNC(N)=NCCN(C)Cc1ccc(F)cc1. The van der Waals surface area contributed by atoms with Gasteiger partial charge >= 0.3 is 0 Å². The average molecular weight is 264 g/mol. The minimum atomic E-state index is -0.211. The highest BCUT2D eigenvalue weighted by molar-refractivity contribution is 5.77. The Hall–Kier alpha value is -1.88. The molecule has 3 N–H and O–H groups in total. The zero-order chi connectivity index (χ0) is 14.1. The lowest BCUT2D eigenvalue weighted by atomic mass is 10.2. The van der Waals surface area contributed by atoms with Crippen LogP contribution in [0.5, 0.6) is 0 Å². The van der Waals surface area contributed by atoms with Crippen LogP contribution in [0, 0.1) is 5.82 Å². The van der Waals surface area contributed by atoms with Crippen molar-refractivity contribution >= 4 is 5.96 Å². The van der Waals surface area contributed by atoms with Gasteiger partial charge in [0, 0.05) is 19.6 Å². The summed E-state index contributed by atoms with van der Waals surface area (Å²) in [6.07, 6.45) is 1.73. The summed E-state index contributed by atoms with van der Waals surface area (Å²) in [4.78, 5) is 6.30. The van der Waals surface area contributed by atoms with Crippen LogP contribution >= 0.6 is 0 Å². The van der Waals surface area contributed by atoms with Gasteiger partial charge in [-0.2, -0.15) is 0 Å². The minimum Gasteiger partial charge on any atom is -0.370 e. The number of nitrogens with zero attached hydrogens (tertiary/aromatic N) is 2. The maximum atomic E-state index is 12.8. The number of hydrogen-bond donors (Lipinski definition) is 2. The van der Waals surface area contributed by atoms with Crippen LogP contribution in [0.1, 0.15) is 5.56 Å². The molecule has 4 nitrogen and oxygen atoms in total. The molecule has 0 atom stereocenters. The van der Waals surface area contributed by atoms with E-state index in [0.29, 0.717) is 19.0 Å². The summed E-state index contributed by atoms with van der Waals surface area (Å²) in [6.45, 7) is 6.36. The maximum absolute atomic E-state index is 12.8. The van der Waals surface area contributed by atoms with Crippen molar-refractivity contribution in [3.05, 3.63) is 48.3 Å². The Balaban J connectivity index is 2.29. The lowest BCUT2D eigenvalue weighted by molar-refractivity contribution is 0.336. The Morgan fingerprint density at radius 1 is 1.47 bits per heavy atom. The molecule has 1 rings (SSSR count). The fourth-order valence-electron chi connectivity index (χ4n) is 1.55. The molecule has 0 amide bonds. The van der Waals surface area contributed by atoms with E-state index in [-0.39, 0.29) is 5.82 Å². The Labute approximate surface area is 113 Å². The third-order valence-corrected chi connectivity index (χ3v) is 2.56. The Kier molecular flexibility index (Phi) is 6.60. The van der Waals surface area contributed by atoms with Gasteiger partial charge in [-0.25, -0.2) is 4.39 Å². The van der Waals surface area contributed by atoms with Gasteiger partial charge in [-0.1, -0.05) is 18.2 Å². The largest absolute Gasteiger partial charge is 0.370 e. The highest BCUT2D eigenvalue weighted by atomic mass is 19.1. The molecular formula is C14H21FN4. The van der Waals surface area contributed by atoms with E-state index < -0.39 is 0 Å². The number of hydrogen-bond acceptors (Lipinski definition) is 2. The first-order valence-electron chi connectivity index (χ1n) is 6.19. The number of halogens is 1. The molecule has 0 fully saturated rings. The molecule has 0 unspecified atom stereocenters. The molecule has 1 aromatic carbocycles. The van der Waals surface area contributed by atoms with Gasteiger partial charge in [-0.05, 0) is 24.7 Å². The standard InChI is InChI=1S/C14H21FN4/c1-3-8-17-14(16)18-9-10-19(2)11-12-4-6-13(15)7-5-12/h3-7H,1,8-11H2,2H3,(H3,16,17,18). The van der Waals surface area contributed by atoms with Gasteiger partial charge in [-0.3, -0.25) is 4.99 Å². The van der Waals surface area contributed by atoms with E-state index >= 15 is 0 Å². The Morgan fingerprint density at radius 2 is 2.16 bits per heavy atom. The van der Waals surface area contributed by atoms with E-state index in [4.69, 9.17) is 5.73 Å². The maximum Gasteiger partial charge on any atom is 0.188 e. The molecule has 0 spiro atoms. The second kappa shape index (κ2) is 8.26. The molecular weight excluding hydrogens is 243 g/mol. The van der Waals surface area contributed by atoms with Gasteiger partial charge in [0.2, 0.25) is 0 Å². The lowest BCUT2D eigenvalue weighted by Crippen LogP contribution is -2.32. The van der Waals surface area contributed by atoms with Crippen molar-refractivity contribution in [2.75, 3.05) is 26.7 Å². The van der Waals surface area contributed by atoms with E-state index in [0.717, 1.165) is 18.7 Å². The van der Waals surface area contributed by atoms with Crippen molar-refractivity contribution in [1.29, 1.82) is 0 Å². The summed E-state index contributed by atoms with van der Waals surface area (Å²) in [5.74, 6) is 0.215. The zero-order valence-corrected chi connectivity index (χ0v) is 11.3. The van der Waals surface area contributed by atoms with Crippen LogP contribution < -0.4 is 11.1 Å². The fourth-order valence-corrected chi connectivity index (χ4v) is 1.55. The molecule has 0 radical (unpaired) electrons. The van der Waals surface area contributed by atoms with Crippen molar-refractivity contribution < 1.29 is 4.39 Å². The molecule has 0 saturated carbocycles. The van der Waals surface area contributed by atoms with Crippen LogP contribution in [0.2, 0.25) is 0 Å². The summed E-state index contributed by atoms with van der Waals surface area (Å²) in [5, 5.41) is 2.91. The van der Waals surface area contributed by atoms with Gasteiger partial charge in [0.05, 0.1) is 6.54 Å². The summed E-state index contributed by atoms with van der Waals surface area (Å²) in [7, 11) is 1.99. The first-order chi connectivity index (χ1) is 9.11. The predicted molar refractivity (Wildman–Crippen MR) is 77.4 cm³/mol. The predicted octanol–water partition coefficient (Wildman–Crippen LogP) is 1.35. The first-order valence-corrected chi connectivity index (χ1v) is 6.19. The monoisotopic (exact) mass is 264 g/mol. The lowest BCUT2D eigenvalue weighted by Gasteiger charge is -2.15. The van der Waals surface area contributed by atoms with Gasteiger partial charge in [0.1, 0.15) is 5.82 Å². The number of guanidine groups is 1. The van der Waals surface area contributed by atoms with Crippen molar-refractivity contribution in [2.24, 2.45) is 10.7 Å². The molecule has 1 aromatic rings. The van der Waals surface area contributed by atoms with Gasteiger partial charge in [0.25, 0.3) is 0 Å². The number of benzene rings is 1. The molecule has 0 bridgehead atoms. The van der Waals surface area contributed by atoms with Gasteiger partial charge in [-0.15, -0.1) is 6.58 Å². The van der Waals surface area contributed by atoms with Crippen LogP contribution in [-0.2, 0) is 6.54 Å². The van der Waals surface area contributed by atoms with Gasteiger partial charge < -0.3 is 16.0 Å². The molecule has 0 aliphatic heterocycles. The summed E-state index contributed by atoms with van der Waals surface area (Å²) >= 11 is 0. The molecule has 19 heavy (non-hydrogen) atoms. The molecule has 0 saturated heterocycles. The second-order valence-electron chi connectivity index (χ2n) is 4.30. The summed E-state index contributed by atoms with van der Waals surface area (Å²) < 4.78 is 12.8. The molecule has 5 heteroatoms. The summed E-state index contributed by atoms with van der Waals surface area (Å²) in [5.41, 5.74) is 6.72. The zero-order valence-electron chi connectivity index (χ0n) is 11.3. The van der Waals surface area contributed by atoms with E-state index in [1.165, 1.54) is 12.1 Å². The smallest absolute Gasteiger partial charge is 0.188 e. The van der Waals surface area contributed by atoms with Crippen LogP contribution in [0.3, 0.4) is 0 Å². The summed E-state index contributed by atoms with van der Waals surface area (Å²) in [6, 6.07) is 6.52. The third kappa shape index (κ3) is 6.57. The van der Waals surface area contributed by atoms with Crippen LogP contribution in [0.25, 0.3) is 0 Å².